The fourth-order valence-corrected chi connectivity index (χ4v) is 3.93. The summed E-state index contributed by atoms with van der Waals surface area (Å²) < 4.78 is 41.6. The molecule has 3 aromatic rings. The van der Waals surface area contributed by atoms with E-state index < -0.39 is 21.7 Å². The average Bonchev–Trinajstić information content (AvgIpc) is 2.65. The van der Waals surface area contributed by atoms with Crippen molar-refractivity contribution in [2.45, 2.75) is 18.7 Å². The molecule has 2 N–H and O–H groups in total. The number of nitrogens with one attached hydrogen (secondary N) is 2. The monoisotopic (exact) mass is 398 g/mol. The van der Waals surface area contributed by atoms with Gasteiger partial charge < -0.3 is 5.32 Å². The first-order valence-corrected chi connectivity index (χ1v) is 10.0. The number of amides is 1. The largest absolute Gasteiger partial charge is 0.322 e. The van der Waals surface area contributed by atoms with Crippen molar-refractivity contribution in [1.82, 2.24) is 0 Å². The predicted octanol–water partition coefficient (Wildman–Crippen LogP) is 4.50. The number of aryl methyl sites for hydroxylation is 2. The molecule has 0 saturated heterocycles. The van der Waals surface area contributed by atoms with Gasteiger partial charge in [0, 0.05) is 5.69 Å². The van der Waals surface area contributed by atoms with Crippen molar-refractivity contribution < 1.29 is 17.6 Å². The Hall–Kier alpha value is -3.19. The summed E-state index contributed by atoms with van der Waals surface area (Å²) in [6.45, 7) is 3.65. The third-order valence-corrected chi connectivity index (χ3v) is 5.62. The number of rotatable bonds is 5. The molecular formula is C21H19FN2O3S. The maximum Gasteiger partial charge on any atom is 0.261 e. The summed E-state index contributed by atoms with van der Waals surface area (Å²) in [6.07, 6.45) is 0. The van der Waals surface area contributed by atoms with Crippen molar-refractivity contribution in [3.8, 4) is 0 Å². The first-order chi connectivity index (χ1) is 13.3. The predicted molar refractivity (Wildman–Crippen MR) is 108 cm³/mol. The highest BCUT2D eigenvalue weighted by Crippen LogP contribution is 2.24. The molecule has 1 amide bonds. The van der Waals surface area contributed by atoms with Gasteiger partial charge in [0.1, 0.15) is 5.82 Å². The fraction of sp³-hybridized carbons (Fsp3) is 0.0952. The zero-order valence-corrected chi connectivity index (χ0v) is 16.2. The summed E-state index contributed by atoms with van der Waals surface area (Å²) in [5.41, 5.74) is 2.45. The Balaban J connectivity index is 1.78. The van der Waals surface area contributed by atoms with Crippen LogP contribution in [0.2, 0.25) is 0 Å². The van der Waals surface area contributed by atoms with Gasteiger partial charge in [-0.15, -0.1) is 0 Å². The summed E-state index contributed by atoms with van der Waals surface area (Å²) >= 11 is 0. The van der Waals surface area contributed by atoms with E-state index in [9.17, 15) is 17.6 Å². The number of carbonyl (C=O) groups is 1. The van der Waals surface area contributed by atoms with Crippen LogP contribution in [0, 0.1) is 19.7 Å². The molecule has 144 valence electrons. The summed E-state index contributed by atoms with van der Waals surface area (Å²) in [7, 11) is -3.79. The zero-order chi connectivity index (χ0) is 20.3. The normalized spacial score (nSPS) is 11.1. The van der Waals surface area contributed by atoms with E-state index in [1.807, 2.05) is 32.0 Å². The Bertz CT molecular complexity index is 1110. The second-order valence-electron chi connectivity index (χ2n) is 6.33. The number of halogens is 1. The molecule has 7 heteroatoms. The van der Waals surface area contributed by atoms with Crippen LogP contribution in [0.25, 0.3) is 0 Å². The van der Waals surface area contributed by atoms with E-state index in [1.54, 1.807) is 6.07 Å². The van der Waals surface area contributed by atoms with Crippen molar-refractivity contribution in [3.05, 3.63) is 89.2 Å². The number of benzene rings is 3. The van der Waals surface area contributed by atoms with Crippen molar-refractivity contribution in [2.75, 3.05) is 10.0 Å². The number of hydrogen-bond donors (Lipinski definition) is 2. The van der Waals surface area contributed by atoms with E-state index in [0.717, 1.165) is 11.1 Å². The van der Waals surface area contributed by atoms with E-state index in [0.29, 0.717) is 11.4 Å². The molecular weight excluding hydrogens is 379 g/mol. The lowest BCUT2D eigenvalue weighted by atomic mass is 10.1. The van der Waals surface area contributed by atoms with Crippen molar-refractivity contribution >= 4 is 27.3 Å². The quantitative estimate of drug-likeness (QED) is 0.665. The van der Waals surface area contributed by atoms with Crippen LogP contribution < -0.4 is 10.0 Å². The molecule has 0 heterocycles. The molecule has 0 aliphatic heterocycles. The molecule has 0 radical (unpaired) electrons. The summed E-state index contributed by atoms with van der Waals surface area (Å²) in [5, 5.41) is 2.55. The number of para-hydroxylation sites is 1. The average molecular weight is 398 g/mol. The Morgan fingerprint density at radius 2 is 1.46 bits per heavy atom. The molecule has 0 spiro atoms. The third-order valence-electron chi connectivity index (χ3n) is 4.26. The first-order valence-electron chi connectivity index (χ1n) is 8.53. The number of anilines is 2. The highest BCUT2D eigenvalue weighted by molar-refractivity contribution is 7.92. The van der Waals surface area contributed by atoms with Crippen molar-refractivity contribution in [1.29, 1.82) is 0 Å². The Morgan fingerprint density at radius 3 is 2.07 bits per heavy atom. The highest BCUT2D eigenvalue weighted by Gasteiger charge is 2.17. The minimum atomic E-state index is -3.79. The lowest BCUT2D eigenvalue weighted by Gasteiger charge is -2.13. The first kappa shape index (κ1) is 19.6. The van der Waals surface area contributed by atoms with E-state index in [1.165, 1.54) is 42.5 Å². The fourth-order valence-electron chi connectivity index (χ4n) is 2.73. The number of hydrogen-bond acceptors (Lipinski definition) is 3. The molecule has 5 nitrogen and oxygen atoms in total. The lowest BCUT2D eigenvalue weighted by Crippen LogP contribution is -2.16. The SMILES string of the molecule is Cc1cccc(C)c1NS(=O)(=O)c1ccc(NC(=O)c2ccccc2F)cc1. The smallest absolute Gasteiger partial charge is 0.261 e. The van der Waals surface area contributed by atoms with Crippen LogP contribution in [-0.2, 0) is 10.0 Å². The van der Waals surface area contributed by atoms with Gasteiger partial charge in [-0.25, -0.2) is 12.8 Å². The number of sulfonamides is 1. The molecule has 0 bridgehead atoms. The molecule has 0 atom stereocenters. The van der Waals surface area contributed by atoms with Crippen LogP contribution in [-0.4, -0.2) is 14.3 Å². The number of carbonyl (C=O) groups excluding carboxylic acids is 1. The second kappa shape index (κ2) is 7.82. The summed E-state index contributed by atoms with van der Waals surface area (Å²) in [4.78, 5) is 12.2. The van der Waals surface area contributed by atoms with Gasteiger partial charge in [-0.3, -0.25) is 9.52 Å². The molecule has 0 aromatic heterocycles. The Kier molecular flexibility index (Phi) is 5.46. The molecule has 0 aliphatic carbocycles. The maximum atomic E-state index is 13.7. The molecule has 3 rings (SSSR count). The highest BCUT2D eigenvalue weighted by atomic mass is 32.2. The van der Waals surface area contributed by atoms with Crippen molar-refractivity contribution in [3.63, 3.8) is 0 Å². The van der Waals surface area contributed by atoms with Crippen molar-refractivity contribution in [2.24, 2.45) is 0 Å². The van der Waals surface area contributed by atoms with Gasteiger partial charge >= 0.3 is 0 Å². The molecule has 0 fully saturated rings. The minimum Gasteiger partial charge on any atom is -0.322 e. The van der Waals surface area contributed by atoms with Gasteiger partial charge in [-0.1, -0.05) is 30.3 Å². The molecule has 3 aromatic carbocycles. The Labute approximate surface area is 163 Å². The third kappa shape index (κ3) is 4.20. The van der Waals surface area contributed by atoms with E-state index in [-0.39, 0.29) is 10.5 Å². The van der Waals surface area contributed by atoms with Gasteiger partial charge in [0.15, 0.2) is 0 Å². The van der Waals surface area contributed by atoms with E-state index >= 15 is 0 Å². The van der Waals surface area contributed by atoms with Crippen LogP contribution in [0.1, 0.15) is 21.5 Å². The Morgan fingerprint density at radius 1 is 0.857 bits per heavy atom. The van der Waals surface area contributed by atoms with Crippen LogP contribution in [0.4, 0.5) is 15.8 Å². The minimum absolute atomic E-state index is 0.0547. The standard InChI is InChI=1S/C21H19FN2O3S/c1-14-6-5-7-15(2)20(14)24-28(26,27)17-12-10-16(11-13-17)23-21(25)18-8-3-4-9-19(18)22/h3-13,24H,1-2H3,(H,23,25). The van der Waals surface area contributed by atoms with Crippen LogP contribution >= 0.6 is 0 Å². The summed E-state index contributed by atoms with van der Waals surface area (Å²) in [5.74, 6) is -1.24. The lowest BCUT2D eigenvalue weighted by molar-refractivity contribution is 0.102. The molecule has 28 heavy (non-hydrogen) atoms. The van der Waals surface area contributed by atoms with Gasteiger partial charge in [0.25, 0.3) is 15.9 Å². The molecule has 0 unspecified atom stereocenters. The van der Waals surface area contributed by atoms with E-state index in [4.69, 9.17) is 0 Å². The summed E-state index contributed by atoms with van der Waals surface area (Å²) in [6, 6.07) is 16.8. The second-order valence-corrected chi connectivity index (χ2v) is 8.01. The van der Waals surface area contributed by atoms with Gasteiger partial charge in [0.2, 0.25) is 0 Å². The van der Waals surface area contributed by atoms with Crippen LogP contribution in [0.5, 0.6) is 0 Å². The van der Waals surface area contributed by atoms with Gasteiger partial charge in [-0.05, 0) is 61.4 Å². The van der Waals surface area contributed by atoms with Gasteiger partial charge in [-0.2, -0.15) is 0 Å². The van der Waals surface area contributed by atoms with Crippen LogP contribution in [0.15, 0.2) is 71.6 Å². The van der Waals surface area contributed by atoms with Crippen LogP contribution in [0.3, 0.4) is 0 Å². The molecule has 0 saturated carbocycles. The molecule has 0 aliphatic rings. The maximum absolute atomic E-state index is 13.7. The van der Waals surface area contributed by atoms with E-state index in [2.05, 4.69) is 10.0 Å². The van der Waals surface area contributed by atoms with Gasteiger partial charge in [0.05, 0.1) is 16.1 Å². The zero-order valence-electron chi connectivity index (χ0n) is 15.4. The topological polar surface area (TPSA) is 75.3 Å².